The van der Waals surface area contributed by atoms with Gasteiger partial charge in [-0.05, 0) is 37.7 Å². The molecule has 5 rings (SSSR count). The summed E-state index contributed by atoms with van der Waals surface area (Å²) in [6.07, 6.45) is 9.34. The molecule has 5 heterocycles. The first kappa shape index (κ1) is 16.7. The van der Waals surface area contributed by atoms with Crippen molar-refractivity contribution in [3.05, 3.63) is 30.5 Å². The zero-order chi connectivity index (χ0) is 18.4. The highest BCUT2D eigenvalue weighted by molar-refractivity contribution is 5.81. The van der Waals surface area contributed by atoms with Crippen molar-refractivity contribution < 1.29 is 9.53 Å². The fourth-order valence-electron chi connectivity index (χ4n) is 4.51. The summed E-state index contributed by atoms with van der Waals surface area (Å²) < 4.78 is 7.92. The van der Waals surface area contributed by atoms with Gasteiger partial charge in [-0.3, -0.25) is 9.20 Å². The number of hydrogen-bond donors (Lipinski definition) is 1. The first-order chi connectivity index (χ1) is 13.2. The number of aromatic nitrogens is 4. The number of fused-ring (bicyclic) bond motifs is 3. The van der Waals surface area contributed by atoms with Crippen molar-refractivity contribution >= 4 is 22.6 Å². The molecule has 1 amide bonds. The summed E-state index contributed by atoms with van der Waals surface area (Å²) in [7, 11) is 0. The third-order valence-corrected chi connectivity index (χ3v) is 6.14. The number of H-pyrrole nitrogens is 1. The van der Waals surface area contributed by atoms with Gasteiger partial charge < -0.3 is 14.6 Å². The van der Waals surface area contributed by atoms with Gasteiger partial charge in [-0.2, -0.15) is 0 Å². The van der Waals surface area contributed by atoms with Crippen LogP contribution in [0.3, 0.4) is 0 Å². The van der Waals surface area contributed by atoms with E-state index in [-0.39, 0.29) is 17.9 Å². The maximum absolute atomic E-state index is 13.0. The molecule has 7 nitrogen and oxygen atoms in total. The zero-order valence-corrected chi connectivity index (χ0v) is 15.6. The summed E-state index contributed by atoms with van der Waals surface area (Å²) in [6, 6.07) is 2.03. The summed E-state index contributed by atoms with van der Waals surface area (Å²) in [4.78, 5) is 27.3. The fourth-order valence-corrected chi connectivity index (χ4v) is 4.51. The molecule has 0 bridgehead atoms. The number of imidazole rings is 1. The molecule has 3 aromatic heterocycles. The number of amides is 1. The normalized spacial score (nSPS) is 26.7. The lowest BCUT2D eigenvalue weighted by Crippen LogP contribution is -2.48. The number of hydrogen-bond acceptors (Lipinski definition) is 4. The molecule has 2 fully saturated rings. The van der Waals surface area contributed by atoms with Crippen LogP contribution in [-0.2, 0) is 9.53 Å². The lowest BCUT2D eigenvalue weighted by Gasteiger charge is -2.38. The van der Waals surface area contributed by atoms with Crippen molar-refractivity contribution in [3.8, 4) is 0 Å². The average Bonchev–Trinajstić information content (AvgIpc) is 3.35. The summed E-state index contributed by atoms with van der Waals surface area (Å²) in [5.41, 5.74) is 2.88. The fraction of sp³-hybridized carbons (Fsp3) is 0.550. The summed E-state index contributed by atoms with van der Waals surface area (Å²) >= 11 is 0. The smallest absolute Gasteiger partial charge is 0.251 e. The van der Waals surface area contributed by atoms with Gasteiger partial charge in [-0.25, -0.2) is 9.97 Å². The monoisotopic (exact) mass is 367 g/mol. The SMILES string of the molecule is CC1CCN(C(=O)[C@@H]2CCCCO2)CC1c1ncc2cnc3[nH]ccc3n12. The molecule has 0 saturated carbocycles. The topological polar surface area (TPSA) is 75.5 Å². The van der Waals surface area contributed by atoms with Crippen molar-refractivity contribution in [2.75, 3.05) is 19.7 Å². The number of nitrogens with zero attached hydrogens (tertiary/aromatic N) is 4. The van der Waals surface area contributed by atoms with Crippen molar-refractivity contribution in [2.24, 2.45) is 5.92 Å². The van der Waals surface area contributed by atoms with Crippen molar-refractivity contribution in [3.63, 3.8) is 0 Å². The van der Waals surface area contributed by atoms with Gasteiger partial charge in [0.2, 0.25) is 0 Å². The number of nitrogens with one attached hydrogen (secondary N) is 1. The Morgan fingerprint density at radius 3 is 3.00 bits per heavy atom. The van der Waals surface area contributed by atoms with Gasteiger partial charge in [0, 0.05) is 31.8 Å². The van der Waals surface area contributed by atoms with E-state index in [0.717, 1.165) is 54.7 Å². The van der Waals surface area contributed by atoms with Crippen LogP contribution in [0.25, 0.3) is 16.7 Å². The molecule has 1 N–H and O–H groups in total. The maximum Gasteiger partial charge on any atom is 0.251 e. The van der Waals surface area contributed by atoms with Gasteiger partial charge >= 0.3 is 0 Å². The lowest BCUT2D eigenvalue weighted by atomic mass is 9.86. The van der Waals surface area contributed by atoms with Crippen LogP contribution in [0, 0.1) is 5.92 Å². The van der Waals surface area contributed by atoms with Gasteiger partial charge in [-0.1, -0.05) is 6.92 Å². The average molecular weight is 367 g/mol. The Morgan fingerprint density at radius 1 is 1.26 bits per heavy atom. The highest BCUT2D eigenvalue weighted by Gasteiger charge is 2.35. The molecule has 2 saturated heterocycles. The first-order valence-corrected chi connectivity index (χ1v) is 9.92. The van der Waals surface area contributed by atoms with Gasteiger partial charge in [0.1, 0.15) is 11.9 Å². The van der Waals surface area contributed by atoms with Crippen molar-refractivity contribution in [1.82, 2.24) is 24.3 Å². The van der Waals surface area contributed by atoms with Crippen LogP contribution in [0.2, 0.25) is 0 Å². The number of carbonyl (C=O) groups is 1. The highest BCUT2D eigenvalue weighted by atomic mass is 16.5. The molecule has 2 aliphatic heterocycles. The molecule has 2 unspecified atom stereocenters. The third kappa shape index (κ3) is 2.81. The minimum atomic E-state index is -0.259. The zero-order valence-electron chi connectivity index (χ0n) is 15.6. The van der Waals surface area contributed by atoms with Crippen LogP contribution < -0.4 is 0 Å². The van der Waals surface area contributed by atoms with Gasteiger partial charge in [-0.15, -0.1) is 0 Å². The number of rotatable bonds is 2. The first-order valence-electron chi connectivity index (χ1n) is 9.92. The Kier molecular flexibility index (Phi) is 4.11. The molecule has 2 aliphatic rings. The van der Waals surface area contributed by atoms with E-state index in [1.165, 1.54) is 0 Å². The number of likely N-dealkylation sites (tertiary alicyclic amines) is 1. The third-order valence-electron chi connectivity index (χ3n) is 6.14. The quantitative estimate of drug-likeness (QED) is 0.756. The van der Waals surface area contributed by atoms with Crippen LogP contribution in [0.4, 0.5) is 0 Å². The molecule has 0 radical (unpaired) electrons. The Balaban J connectivity index is 1.47. The van der Waals surface area contributed by atoms with E-state index >= 15 is 0 Å². The van der Waals surface area contributed by atoms with E-state index in [9.17, 15) is 4.79 Å². The number of piperidine rings is 1. The summed E-state index contributed by atoms with van der Waals surface area (Å²) in [5.74, 6) is 1.84. The molecule has 0 aromatic carbocycles. The minimum Gasteiger partial charge on any atom is -0.368 e. The summed E-state index contributed by atoms with van der Waals surface area (Å²) in [6.45, 7) is 4.47. The molecule has 3 atom stereocenters. The second kappa shape index (κ2) is 6.64. The second-order valence-corrected chi connectivity index (χ2v) is 7.86. The minimum absolute atomic E-state index is 0.154. The number of aromatic amines is 1. The van der Waals surface area contributed by atoms with E-state index < -0.39 is 0 Å². The van der Waals surface area contributed by atoms with Crippen LogP contribution in [0.5, 0.6) is 0 Å². The molecule has 0 spiro atoms. The lowest BCUT2D eigenvalue weighted by molar-refractivity contribution is -0.148. The van der Waals surface area contributed by atoms with E-state index in [0.29, 0.717) is 19.1 Å². The molecule has 142 valence electrons. The maximum atomic E-state index is 13.0. The molecule has 27 heavy (non-hydrogen) atoms. The van der Waals surface area contributed by atoms with Crippen LogP contribution in [0.15, 0.2) is 24.7 Å². The number of ether oxygens (including phenoxy) is 1. The predicted octanol–water partition coefficient (Wildman–Crippen LogP) is 2.73. The Labute approximate surface area is 157 Å². The standard InChI is InChI=1S/C20H25N5O2/c1-13-6-8-24(20(26)17-4-2-3-9-27-17)12-15(13)19-23-11-14-10-22-18-16(25(14)19)5-7-21-18/h5,7,10-11,13,15,17,21H,2-4,6,8-9,12H2,1H3/t13?,15?,17-/m0/s1. The number of carbonyl (C=O) groups excluding carboxylic acids is 1. The Bertz CT molecular complexity index is 971. The van der Waals surface area contributed by atoms with E-state index in [4.69, 9.17) is 9.72 Å². The summed E-state index contributed by atoms with van der Waals surface area (Å²) in [5, 5.41) is 0. The predicted molar refractivity (Wildman–Crippen MR) is 102 cm³/mol. The van der Waals surface area contributed by atoms with Gasteiger partial charge in [0.25, 0.3) is 5.91 Å². The molecule has 7 heteroatoms. The van der Waals surface area contributed by atoms with Crippen LogP contribution >= 0.6 is 0 Å². The Morgan fingerprint density at radius 2 is 2.15 bits per heavy atom. The largest absolute Gasteiger partial charge is 0.368 e. The van der Waals surface area contributed by atoms with Crippen molar-refractivity contribution in [1.29, 1.82) is 0 Å². The van der Waals surface area contributed by atoms with E-state index in [1.54, 1.807) is 0 Å². The van der Waals surface area contributed by atoms with Gasteiger partial charge in [0.05, 0.1) is 23.4 Å². The van der Waals surface area contributed by atoms with E-state index in [2.05, 4.69) is 21.3 Å². The van der Waals surface area contributed by atoms with Crippen molar-refractivity contribution in [2.45, 2.75) is 44.6 Å². The second-order valence-electron chi connectivity index (χ2n) is 7.86. The molecular formula is C20H25N5O2. The van der Waals surface area contributed by atoms with Crippen LogP contribution in [-0.4, -0.2) is 56.0 Å². The van der Waals surface area contributed by atoms with Gasteiger partial charge in [0.15, 0.2) is 5.65 Å². The molecule has 0 aliphatic carbocycles. The molecular weight excluding hydrogens is 342 g/mol. The Hall–Kier alpha value is -2.41. The highest BCUT2D eigenvalue weighted by Crippen LogP contribution is 2.33. The molecule has 3 aromatic rings. The van der Waals surface area contributed by atoms with E-state index in [1.807, 2.05) is 29.6 Å². The van der Waals surface area contributed by atoms with Crippen LogP contribution in [0.1, 0.15) is 44.3 Å².